The molecule has 1 saturated heterocycles. The number of carbonyl (C=O) groups is 2. The lowest BCUT2D eigenvalue weighted by molar-refractivity contribution is -0.00239. The van der Waals surface area contributed by atoms with Crippen LogP contribution in [0.2, 0.25) is 0 Å². The van der Waals surface area contributed by atoms with Crippen LogP contribution in [0.1, 0.15) is 31.1 Å². The topological polar surface area (TPSA) is 83.0 Å². The summed E-state index contributed by atoms with van der Waals surface area (Å²) >= 11 is 0. The van der Waals surface area contributed by atoms with Crippen LogP contribution in [0.3, 0.4) is 0 Å². The number of hydrogen-bond donors (Lipinski definition) is 1. The number of rotatable bonds is 2. The van der Waals surface area contributed by atoms with E-state index < -0.39 is 17.7 Å². The molecule has 2 heterocycles. The first kappa shape index (κ1) is 19.1. The molecule has 7 nitrogen and oxygen atoms in total. The van der Waals surface area contributed by atoms with Crippen LogP contribution in [0.5, 0.6) is 0 Å². The van der Waals surface area contributed by atoms with E-state index in [-0.39, 0.29) is 19.1 Å². The molecule has 1 atom stereocenters. The molecule has 1 aromatic carbocycles. The molecule has 2 aromatic rings. The van der Waals surface area contributed by atoms with E-state index in [4.69, 9.17) is 4.74 Å². The highest BCUT2D eigenvalue weighted by Gasteiger charge is 2.34. The monoisotopic (exact) mass is 371 g/mol. The van der Waals surface area contributed by atoms with Crippen molar-refractivity contribution in [3.63, 3.8) is 0 Å². The van der Waals surface area contributed by atoms with Crippen LogP contribution in [0.15, 0.2) is 36.7 Å². The molecule has 1 fully saturated rings. The normalized spacial score (nSPS) is 17.9. The van der Waals surface area contributed by atoms with Crippen molar-refractivity contribution >= 4 is 22.8 Å². The van der Waals surface area contributed by atoms with Gasteiger partial charge in [-0.25, -0.2) is 4.79 Å². The molecule has 1 aromatic heterocycles. The van der Waals surface area contributed by atoms with Gasteiger partial charge in [-0.05, 0) is 26.2 Å². The summed E-state index contributed by atoms with van der Waals surface area (Å²) in [5, 5.41) is 11.5. The number of nitrogens with zero attached hydrogens (tertiary/aromatic N) is 3. The van der Waals surface area contributed by atoms with E-state index in [1.807, 2.05) is 45.0 Å². The lowest BCUT2D eigenvalue weighted by Gasteiger charge is -2.41. The molecule has 0 spiro atoms. The Morgan fingerprint density at radius 2 is 1.96 bits per heavy atom. The van der Waals surface area contributed by atoms with Crippen LogP contribution >= 0.6 is 0 Å². The fourth-order valence-electron chi connectivity index (χ4n) is 3.21. The van der Waals surface area contributed by atoms with E-state index >= 15 is 0 Å². The van der Waals surface area contributed by atoms with E-state index in [9.17, 15) is 14.7 Å². The Labute approximate surface area is 158 Å². The summed E-state index contributed by atoms with van der Waals surface area (Å²) in [5.41, 5.74) is -0.0924. The molecule has 1 aliphatic rings. The third-order valence-corrected chi connectivity index (χ3v) is 4.50. The fraction of sp³-hybridized carbons (Fsp3) is 0.450. The molecule has 7 heteroatoms. The SMILES string of the molecule is CC(C)(C)OC(=O)N1CCN(C(=O)c2cncc3ccccc23)[C@H](CO)C1. The van der Waals surface area contributed by atoms with E-state index in [2.05, 4.69) is 4.98 Å². The first-order chi connectivity index (χ1) is 12.8. The van der Waals surface area contributed by atoms with Crippen molar-refractivity contribution in [3.8, 4) is 0 Å². The van der Waals surface area contributed by atoms with Crippen molar-refractivity contribution in [2.75, 3.05) is 26.2 Å². The average Bonchev–Trinajstić information content (AvgIpc) is 2.65. The minimum absolute atomic E-state index is 0.192. The maximum atomic E-state index is 13.1. The maximum absolute atomic E-state index is 13.1. The predicted molar refractivity (Wildman–Crippen MR) is 101 cm³/mol. The number of benzene rings is 1. The van der Waals surface area contributed by atoms with Crippen LogP contribution in [0.4, 0.5) is 4.79 Å². The largest absolute Gasteiger partial charge is 0.444 e. The Balaban J connectivity index is 1.79. The summed E-state index contributed by atoms with van der Waals surface area (Å²) in [6, 6.07) is 7.08. The van der Waals surface area contributed by atoms with Gasteiger partial charge in [-0.2, -0.15) is 0 Å². The summed E-state index contributed by atoms with van der Waals surface area (Å²) in [5.74, 6) is -0.192. The number of piperazine rings is 1. The van der Waals surface area contributed by atoms with Crippen molar-refractivity contribution in [3.05, 3.63) is 42.2 Å². The van der Waals surface area contributed by atoms with Gasteiger partial charge in [0.15, 0.2) is 0 Å². The number of amides is 2. The summed E-state index contributed by atoms with van der Waals surface area (Å²) in [6.07, 6.45) is 2.84. The second-order valence-corrected chi connectivity index (χ2v) is 7.67. The van der Waals surface area contributed by atoms with Gasteiger partial charge in [-0.15, -0.1) is 0 Å². The standard InChI is InChI=1S/C20H25N3O4/c1-20(2,3)27-19(26)22-8-9-23(15(12-22)13-24)18(25)17-11-21-10-14-6-4-5-7-16(14)17/h4-7,10-11,15,24H,8-9,12-13H2,1-3H3/t15-/m0/s1. The Hall–Kier alpha value is -2.67. The van der Waals surface area contributed by atoms with Gasteiger partial charge >= 0.3 is 6.09 Å². The zero-order chi connectivity index (χ0) is 19.6. The number of aliphatic hydroxyl groups excluding tert-OH is 1. The van der Waals surface area contributed by atoms with Gasteiger partial charge in [-0.3, -0.25) is 9.78 Å². The van der Waals surface area contributed by atoms with Crippen LogP contribution in [0.25, 0.3) is 10.8 Å². The fourth-order valence-corrected chi connectivity index (χ4v) is 3.21. The second kappa shape index (κ2) is 7.52. The smallest absolute Gasteiger partial charge is 0.410 e. The van der Waals surface area contributed by atoms with E-state index in [0.717, 1.165) is 10.8 Å². The number of aromatic nitrogens is 1. The summed E-state index contributed by atoms with van der Waals surface area (Å²) in [6.45, 7) is 6.10. The molecule has 0 radical (unpaired) electrons. The van der Waals surface area contributed by atoms with Crippen LogP contribution < -0.4 is 0 Å². The molecule has 2 amide bonds. The van der Waals surface area contributed by atoms with E-state index in [1.54, 1.807) is 17.3 Å². The molecule has 3 rings (SSSR count). The molecular weight excluding hydrogens is 346 g/mol. The van der Waals surface area contributed by atoms with E-state index in [1.165, 1.54) is 4.90 Å². The minimum Gasteiger partial charge on any atom is -0.444 e. The Bertz CT molecular complexity index is 841. The summed E-state index contributed by atoms with van der Waals surface area (Å²) in [4.78, 5) is 32.8. The predicted octanol–water partition coefficient (Wildman–Crippen LogP) is 2.29. The number of ether oxygens (including phenoxy) is 1. The van der Waals surface area contributed by atoms with Gasteiger partial charge < -0.3 is 19.6 Å². The zero-order valence-electron chi connectivity index (χ0n) is 15.9. The Morgan fingerprint density at radius 1 is 1.22 bits per heavy atom. The highest BCUT2D eigenvalue weighted by molar-refractivity contribution is 6.06. The van der Waals surface area contributed by atoms with E-state index in [0.29, 0.717) is 18.7 Å². The van der Waals surface area contributed by atoms with Crippen molar-refractivity contribution < 1.29 is 19.4 Å². The lowest BCUT2D eigenvalue weighted by Crippen LogP contribution is -2.58. The van der Waals surface area contributed by atoms with Crippen LogP contribution in [-0.4, -0.2) is 69.8 Å². The molecule has 0 unspecified atom stereocenters. The zero-order valence-corrected chi connectivity index (χ0v) is 15.9. The first-order valence-corrected chi connectivity index (χ1v) is 9.02. The molecule has 0 saturated carbocycles. The third kappa shape index (κ3) is 4.19. The van der Waals surface area contributed by atoms with Gasteiger partial charge in [0, 0.05) is 37.4 Å². The highest BCUT2D eigenvalue weighted by Crippen LogP contribution is 2.22. The van der Waals surface area contributed by atoms with Crippen molar-refractivity contribution in [1.82, 2.24) is 14.8 Å². The number of fused-ring (bicyclic) bond motifs is 1. The van der Waals surface area contributed by atoms with Crippen molar-refractivity contribution in [2.24, 2.45) is 0 Å². The summed E-state index contributed by atoms with van der Waals surface area (Å²) < 4.78 is 5.40. The average molecular weight is 371 g/mol. The van der Waals surface area contributed by atoms with Crippen molar-refractivity contribution in [2.45, 2.75) is 32.4 Å². The quantitative estimate of drug-likeness (QED) is 0.876. The van der Waals surface area contributed by atoms with Crippen molar-refractivity contribution in [1.29, 1.82) is 0 Å². The van der Waals surface area contributed by atoms with Gasteiger partial charge in [0.2, 0.25) is 0 Å². The number of carbonyl (C=O) groups excluding carboxylic acids is 2. The Morgan fingerprint density at radius 3 is 2.67 bits per heavy atom. The van der Waals surface area contributed by atoms with Crippen LogP contribution in [-0.2, 0) is 4.74 Å². The highest BCUT2D eigenvalue weighted by atomic mass is 16.6. The molecule has 0 bridgehead atoms. The summed E-state index contributed by atoms with van der Waals surface area (Å²) in [7, 11) is 0. The van der Waals surface area contributed by atoms with Gasteiger partial charge in [0.1, 0.15) is 5.60 Å². The molecule has 1 N–H and O–H groups in total. The third-order valence-electron chi connectivity index (χ3n) is 4.50. The minimum atomic E-state index is -0.590. The van der Waals surface area contributed by atoms with Gasteiger partial charge in [-0.1, -0.05) is 24.3 Å². The number of aliphatic hydroxyl groups is 1. The molecule has 1 aliphatic heterocycles. The molecule has 0 aliphatic carbocycles. The van der Waals surface area contributed by atoms with Gasteiger partial charge in [0.25, 0.3) is 5.91 Å². The lowest BCUT2D eigenvalue weighted by atomic mass is 10.1. The second-order valence-electron chi connectivity index (χ2n) is 7.67. The Kier molecular flexibility index (Phi) is 5.32. The first-order valence-electron chi connectivity index (χ1n) is 9.02. The molecular formula is C20H25N3O4. The number of hydrogen-bond acceptors (Lipinski definition) is 5. The molecule has 27 heavy (non-hydrogen) atoms. The van der Waals surface area contributed by atoms with Gasteiger partial charge in [0.05, 0.1) is 18.2 Å². The number of pyridine rings is 1. The maximum Gasteiger partial charge on any atom is 0.410 e. The van der Waals surface area contributed by atoms with Crippen LogP contribution in [0, 0.1) is 0 Å². The molecule has 144 valence electrons.